The highest BCUT2D eigenvalue weighted by Gasteiger charge is 2.11. The third-order valence-electron chi connectivity index (χ3n) is 2.37. The lowest BCUT2D eigenvalue weighted by molar-refractivity contribution is 0.698. The maximum absolute atomic E-state index is 6.12. The van der Waals surface area contributed by atoms with E-state index in [-0.39, 0.29) is 6.04 Å². The molecule has 15 heavy (non-hydrogen) atoms. The highest BCUT2D eigenvalue weighted by molar-refractivity contribution is 14.1. The van der Waals surface area contributed by atoms with Crippen molar-refractivity contribution in [2.45, 2.75) is 25.8 Å². The summed E-state index contributed by atoms with van der Waals surface area (Å²) in [7, 11) is 0. The minimum atomic E-state index is 0.00282. The second kappa shape index (κ2) is 5.87. The first-order valence-electron chi connectivity index (χ1n) is 4.91. The molecule has 1 rings (SSSR count). The summed E-state index contributed by atoms with van der Waals surface area (Å²) in [6, 6.07) is 5.82. The summed E-state index contributed by atoms with van der Waals surface area (Å²) in [5.41, 5.74) is 8.40. The molecule has 0 aliphatic heterocycles. The fraction of sp³-hybridized carbons (Fsp3) is 0.333. The quantitative estimate of drug-likeness (QED) is 0.644. The monoisotopic (exact) mass is 335 g/mol. The second-order valence-corrected chi connectivity index (χ2v) is 5.18. The van der Waals surface area contributed by atoms with E-state index in [1.165, 1.54) is 5.57 Å². The van der Waals surface area contributed by atoms with Crippen molar-refractivity contribution in [2.75, 3.05) is 0 Å². The van der Waals surface area contributed by atoms with E-state index in [0.29, 0.717) is 0 Å². The number of benzene rings is 1. The lowest BCUT2D eigenvalue weighted by atomic mass is 9.99. The van der Waals surface area contributed by atoms with Gasteiger partial charge in [-0.1, -0.05) is 30.7 Å². The van der Waals surface area contributed by atoms with Crippen molar-refractivity contribution in [3.05, 3.63) is 44.5 Å². The summed E-state index contributed by atoms with van der Waals surface area (Å²) in [5, 5.41) is 0.739. The maximum atomic E-state index is 6.12. The van der Waals surface area contributed by atoms with Crippen LogP contribution in [0, 0.1) is 3.57 Å². The van der Waals surface area contributed by atoms with Crippen LogP contribution in [-0.4, -0.2) is 0 Å². The van der Waals surface area contributed by atoms with Crippen LogP contribution in [0.4, 0.5) is 0 Å². The molecule has 0 radical (unpaired) electrons. The molecule has 0 aliphatic rings. The molecule has 3 heteroatoms. The number of halogens is 2. The Morgan fingerprint density at radius 3 is 2.87 bits per heavy atom. The highest BCUT2D eigenvalue weighted by Crippen LogP contribution is 2.26. The highest BCUT2D eigenvalue weighted by atomic mass is 127. The average Bonchev–Trinajstić information content (AvgIpc) is 2.21. The van der Waals surface area contributed by atoms with Crippen molar-refractivity contribution in [2.24, 2.45) is 5.73 Å². The Hall–Kier alpha value is -0.0600. The molecule has 0 heterocycles. The van der Waals surface area contributed by atoms with E-state index < -0.39 is 0 Å². The molecule has 82 valence electrons. The maximum Gasteiger partial charge on any atom is 0.0410 e. The van der Waals surface area contributed by atoms with Gasteiger partial charge in [0.25, 0.3) is 0 Å². The first-order valence-corrected chi connectivity index (χ1v) is 6.37. The molecule has 1 aromatic rings. The molecule has 0 bridgehead atoms. The SMILES string of the molecule is C=C(CC)CC(N)c1cc(Cl)ccc1I. The molecular formula is C12H15ClIN. The topological polar surface area (TPSA) is 26.0 Å². The van der Waals surface area contributed by atoms with Gasteiger partial charge in [0.2, 0.25) is 0 Å². The fourth-order valence-electron chi connectivity index (χ4n) is 1.36. The molecule has 1 aromatic carbocycles. The van der Waals surface area contributed by atoms with Gasteiger partial charge in [-0.05, 0) is 59.2 Å². The summed E-state index contributed by atoms with van der Waals surface area (Å²) in [5.74, 6) is 0. The Bertz CT molecular complexity index is 363. The van der Waals surface area contributed by atoms with Gasteiger partial charge in [-0.25, -0.2) is 0 Å². The van der Waals surface area contributed by atoms with Crippen LogP contribution in [0.15, 0.2) is 30.4 Å². The van der Waals surface area contributed by atoms with E-state index in [2.05, 4.69) is 36.1 Å². The van der Waals surface area contributed by atoms with Crippen LogP contribution in [0.25, 0.3) is 0 Å². The van der Waals surface area contributed by atoms with E-state index in [9.17, 15) is 0 Å². The molecule has 2 N–H and O–H groups in total. The van der Waals surface area contributed by atoms with Gasteiger partial charge in [-0.3, -0.25) is 0 Å². The van der Waals surface area contributed by atoms with E-state index >= 15 is 0 Å². The third-order valence-corrected chi connectivity index (χ3v) is 3.58. The molecule has 1 atom stereocenters. The largest absolute Gasteiger partial charge is 0.324 e. The molecular weight excluding hydrogens is 320 g/mol. The van der Waals surface area contributed by atoms with Crippen LogP contribution in [0.2, 0.25) is 5.02 Å². The van der Waals surface area contributed by atoms with Gasteiger partial charge < -0.3 is 5.73 Å². The Labute approximate surface area is 110 Å². The molecule has 0 saturated heterocycles. The van der Waals surface area contributed by atoms with Crippen molar-refractivity contribution >= 4 is 34.2 Å². The van der Waals surface area contributed by atoms with Crippen molar-refractivity contribution in [3.8, 4) is 0 Å². The van der Waals surface area contributed by atoms with Crippen LogP contribution < -0.4 is 5.73 Å². The van der Waals surface area contributed by atoms with E-state index in [1.807, 2.05) is 18.2 Å². The van der Waals surface area contributed by atoms with Gasteiger partial charge in [0.05, 0.1) is 0 Å². The summed E-state index contributed by atoms with van der Waals surface area (Å²) in [6.07, 6.45) is 1.80. The van der Waals surface area contributed by atoms with Gasteiger partial charge in [-0.2, -0.15) is 0 Å². The first kappa shape index (κ1) is 13.0. The van der Waals surface area contributed by atoms with Crippen molar-refractivity contribution in [1.29, 1.82) is 0 Å². The smallest absolute Gasteiger partial charge is 0.0410 e. The van der Waals surface area contributed by atoms with Crippen LogP contribution in [0.5, 0.6) is 0 Å². The van der Waals surface area contributed by atoms with Gasteiger partial charge in [0.1, 0.15) is 0 Å². The molecule has 0 saturated carbocycles. The fourth-order valence-corrected chi connectivity index (χ4v) is 2.28. The third kappa shape index (κ3) is 3.78. The summed E-state index contributed by atoms with van der Waals surface area (Å²) in [4.78, 5) is 0. The van der Waals surface area contributed by atoms with E-state index in [1.54, 1.807) is 0 Å². The van der Waals surface area contributed by atoms with Crippen molar-refractivity contribution in [1.82, 2.24) is 0 Å². The summed E-state index contributed by atoms with van der Waals surface area (Å²) < 4.78 is 1.16. The van der Waals surface area contributed by atoms with Crippen LogP contribution in [-0.2, 0) is 0 Å². The number of hydrogen-bond acceptors (Lipinski definition) is 1. The van der Waals surface area contributed by atoms with Gasteiger partial charge in [0.15, 0.2) is 0 Å². The minimum Gasteiger partial charge on any atom is -0.324 e. The zero-order valence-corrected chi connectivity index (χ0v) is 11.7. The zero-order valence-electron chi connectivity index (χ0n) is 8.76. The molecule has 0 fully saturated rings. The predicted molar refractivity (Wildman–Crippen MR) is 75.1 cm³/mol. The standard InChI is InChI=1S/C12H15ClIN/c1-3-8(2)6-12(15)10-7-9(13)4-5-11(10)14/h4-5,7,12H,2-3,6,15H2,1H3. The van der Waals surface area contributed by atoms with Crippen LogP contribution in [0.3, 0.4) is 0 Å². The van der Waals surface area contributed by atoms with Crippen LogP contribution >= 0.6 is 34.2 Å². The number of hydrogen-bond donors (Lipinski definition) is 1. The summed E-state index contributed by atoms with van der Waals surface area (Å²) >= 11 is 8.23. The Kier molecular flexibility index (Phi) is 5.09. The van der Waals surface area contributed by atoms with E-state index in [4.69, 9.17) is 17.3 Å². The Balaban J connectivity index is 2.85. The lowest BCUT2D eigenvalue weighted by Gasteiger charge is -2.15. The van der Waals surface area contributed by atoms with Gasteiger partial charge in [0, 0.05) is 14.6 Å². The molecule has 1 nitrogen and oxygen atoms in total. The van der Waals surface area contributed by atoms with Gasteiger partial charge in [-0.15, -0.1) is 0 Å². The normalized spacial score (nSPS) is 12.5. The van der Waals surface area contributed by atoms with Crippen molar-refractivity contribution < 1.29 is 0 Å². The second-order valence-electron chi connectivity index (χ2n) is 3.58. The van der Waals surface area contributed by atoms with Crippen LogP contribution in [0.1, 0.15) is 31.4 Å². The minimum absolute atomic E-state index is 0.00282. The molecule has 0 aliphatic carbocycles. The summed E-state index contributed by atoms with van der Waals surface area (Å²) in [6.45, 7) is 6.07. The van der Waals surface area contributed by atoms with Crippen molar-refractivity contribution in [3.63, 3.8) is 0 Å². The Morgan fingerprint density at radius 1 is 1.60 bits per heavy atom. The lowest BCUT2D eigenvalue weighted by Crippen LogP contribution is -2.12. The average molecular weight is 336 g/mol. The predicted octanol–water partition coefficient (Wildman–Crippen LogP) is 4.30. The molecule has 1 unspecified atom stereocenters. The number of nitrogens with two attached hydrogens (primary N) is 1. The zero-order chi connectivity index (χ0) is 11.4. The Morgan fingerprint density at radius 2 is 2.27 bits per heavy atom. The van der Waals surface area contributed by atoms with E-state index in [0.717, 1.165) is 27.0 Å². The molecule has 0 aromatic heterocycles. The first-order chi connectivity index (χ1) is 7.04. The number of rotatable bonds is 4. The van der Waals surface area contributed by atoms with Gasteiger partial charge >= 0.3 is 0 Å². The molecule has 0 spiro atoms. The molecule has 0 amide bonds.